The average molecular weight is 494 g/mol. The van der Waals surface area contributed by atoms with Gasteiger partial charge in [0.2, 0.25) is 5.91 Å². The summed E-state index contributed by atoms with van der Waals surface area (Å²) in [4.78, 5) is 33.7. The van der Waals surface area contributed by atoms with E-state index in [2.05, 4.69) is 44.6 Å². The number of fused-ring (bicyclic) bond motifs is 1. The summed E-state index contributed by atoms with van der Waals surface area (Å²) < 4.78 is 6.96. The lowest BCUT2D eigenvalue weighted by Gasteiger charge is -2.45. The molecule has 0 atom stereocenters. The Bertz CT molecular complexity index is 1420. The molecule has 1 saturated heterocycles. The van der Waals surface area contributed by atoms with Gasteiger partial charge in [-0.25, -0.2) is 4.52 Å². The maximum absolute atomic E-state index is 13.1. The van der Waals surface area contributed by atoms with E-state index in [1.165, 1.54) is 11.3 Å². The van der Waals surface area contributed by atoms with Crippen molar-refractivity contribution in [2.75, 3.05) is 30.3 Å². The number of carbonyl (C=O) groups excluding carboxylic acids is 2. The fourth-order valence-corrected chi connectivity index (χ4v) is 5.69. The lowest BCUT2D eigenvalue weighted by molar-refractivity contribution is -0.120. The molecule has 10 nitrogen and oxygen atoms in total. The topological polar surface area (TPSA) is 118 Å². The SMILES string of the molecule is Cc1ncc(NC(=O)CN2CC(C)(C)C2)cc1NC(=O)c1cnn2cc(-c3c(C)noc3C)sc12. The summed E-state index contributed by atoms with van der Waals surface area (Å²) in [7, 11) is 0. The second-order valence-electron chi connectivity index (χ2n) is 9.77. The van der Waals surface area contributed by atoms with Crippen molar-refractivity contribution in [3.05, 3.63) is 47.4 Å². The Morgan fingerprint density at radius 1 is 1.14 bits per heavy atom. The second-order valence-corrected chi connectivity index (χ2v) is 10.8. The number of carbonyl (C=O) groups is 2. The third kappa shape index (κ3) is 4.56. The maximum atomic E-state index is 13.1. The van der Waals surface area contributed by atoms with Gasteiger partial charge in [-0.05, 0) is 32.3 Å². The van der Waals surface area contributed by atoms with Crippen LogP contribution in [0.1, 0.15) is 41.4 Å². The Balaban J connectivity index is 1.31. The van der Waals surface area contributed by atoms with Crippen molar-refractivity contribution in [3.8, 4) is 10.4 Å². The third-order valence-electron chi connectivity index (χ3n) is 6.01. The van der Waals surface area contributed by atoms with Crippen LogP contribution in [-0.2, 0) is 4.79 Å². The molecule has 4 aromatic heterocycles. The number of thiazole rings is 1. The number of hydrogen-bond donors (Lipinski definition) is 2. The van der Waals surface area contributed by atoms with Crippen LogP contribution < -0.4 is 10.6 Å². The number of anilines is 2. The van der Waals surface area contributed by atoms with E-state index in [9.17, 15) is 9.59 Å². The predicted octanol–water partition coefficient (Wildman–Crippen LogP) is 3.90. The van der Waals surface area contributed by atoms with Crippen LogP contribution in [0.5, 0.6) is 0 Å². The molecule has 1 aliphatic heterocycles. The molecule has 1 fully saturated rings. The van der Waals surface area contributed by atoms with Crippen LogP contribution in [0.2, 0.25) is 0 Å². The zero-order valence-electron chi connectivity index (χ0n) is 20.3. The number of rotatable bonds is 6. The summed E-state index contributed by atoms with van der Waals surface area (Å²) in [5, 5.41) is 14.1. The molecule has 2 N–H and O–H groups in total. The summed E-state index contributed by atoms with van der Waals surface area (Å²) in [5.74, 6) is 0.312. The maximum Gasteiger partial charge on any atom is 0.260 e. The van der Waals surface area contributed by atoms with Gasteiger partial charge in [-0.1, -0.05) is 19.0 Å². The van der Waals surface area contributed by atoms with Crippen molar-refractivity contribution in [2.45, 2.75) is 34.6 Å². The van der Waals surface area contributed by atoms with Crippen LogP contribution in [-0.4, -0.2) is 56.1 Å². The molecule has 0 bridgehead atoms. The molecular weight excluding hydrogens is 466 g/mol. The first kappa shape index (κ1) is 23.2. The molecule has 5 heterocycles. The van der Waals surface area contributed by atoms with Crippen LogP contribution in [0, 0.1) is 26.2 Å². The summed E-state index contributed by atoms with van der Waals surface area (Å²) in [5.41, 5.74) is 4.12. The number of nitrogens with one attached hydrogen (secondary N) is 2. The van der Waals surface area contributed by atoms with Crippen molar-refractivity contribution in [3.63, 3.8) is 0 Å². The van der Waals surface area contributed by atoms with E-state index in [1.807, 2.05) is 20.0 Å². The zero-order chi connectivity index (χ0) is 24.9. The second kappa shape index (κ2) is 8.58. The van der Waals surface area contributed by atoms with E-state index >= 15 is 0 Å². The van der Waals surface area contributed by atoms with Gasteiger partial charge in [0.05, 0.1) is 57.7 Å². The standard InChI is InChI=1S/C24H27N7O3S/c1-13-18(6-16(7-25-13)27-20(32)10-30-11-24(4,5)12-30)28-22(33)17-8-26-31-9-19(35-23(17)31)21-14(2)29-34-15(21)3/h6-9H,10-12H2,1-5H3,(H,27,32)(H,28,33). The minimum Gasteiger partial charge on any atom is -0.361 e. The van der Waals surface area contributed by atoms with Crippen LogP contribution in [0.25, 0.3) is 15.3 Å². The monoisotopic (exact) mass is 493 g/mol. The molecule has 1 aliphatic rings. The van der Waals surface area contributed by atoms with Gasteiger partial charge in [-0.3, -0.25) is 19.5 Å². The molecule has 0 unspecified atom stereocenters. The van der Waals surface area contributed by atoms with E-state index in [0.717, 1.165) is 35.0 Å². The minimum atomic E-state index is -0.302. The largest absolute Gasteiger partial charge is 0.361 e. The molecule has 2 amide bonds. The van der Waals surface area contributed by atoms with E-state index in [1.54, 1.807) is 29.9 Å². The van der Waals surface area contributed by atoms with Gasteiger partial charge in [-0.2, -0.15) is 5.10 Å². The molecule has 35 heavy (non-hydrogen) atoms. The Labute approximate surface area is 206 Å². The lowest BCUT2D eigenvalue weighted by atomic mass is 9.84. The molecule has 0 saturated carbocycles. The normalized spacial score (nSPS) is 15.2. The van der Waals surface area contributed by atoms with E-state index in [4.69, 9.17) is 4.52 Å². The Kier molecular flexibility index (Phi) is 5.68. The summed E-state index contributed by atoms with van der Waals surface area (Å²) >= 11 is 1.45. The number of amides is 2. The Morgan fingerprint density at radius 2 is 1.91 bits per heavy atom. The molecule has 0 radical (unpaired) electrons. The van der Waals surface area contributed by atoms with Gasteiger partial charge in [0, 0.05) is 19.3 Å². The van der Waals surface area contributed by atoms with Crippen LogP contribution in [0.15, 0.2) is 29.2 Å². The van der Waals surface area contributed by atoms with Gasteiger partial charge < -0.3 is 15.2 Å². The molecule has 0 aromatic carbocycles. The third-order valence-corrected chi connectivity index (χ3v) is 7.14. The highest BCUT2D eigenvalue weighted by Gasteiger charge is 2.34. The van der Waals surface area contributed by atoms with Crippen molar-refractivity contribution in [1.29, 1.82) is 0 Å². The first-order valence-electron chi connectivity index (χ1n) is 11.3. The number of likely N-dealkylation sites (tertiary alicyclic amines) is 1. The molecule has 11 heteroatoms. The quantitative estimate of drug-likeness (QED) is 0.418. The van der Waals surface area contributed by atoms with Crippen LogP contribution in [0.3, 0.4) is 0 Å². The molecular formula is C24H27N7O3S. The fourth-order valence-electron chi connectivity index (χ4n) is 4.49. The summed E-state index contributed by atoms with van der Waals surface area (Å²) in [6.45, 7) is 12.0. The average Bonchev–Trinajstić information content (AvgIpc) is 3.43. The van der Waals surface area contributed by atoms with Crippen molar-refractivity contribution in [1.82, 2.24) is 24.7 Å². The van der Waals surface area contributed by atoms with Crippen LogP contribution >= 0.6 is 11.3 Å². The first-order chi connectivity index (χ1) is 16.6. The fraction of sp³-hybridized carbons (Fsp3) is 0.375. The van der Waals surface area contributed by atoms with Gasteiger partial charge in [0.15, 0.2) is 0 Å². The number of aryl methyl sites for hydroxylation is 3. The first-order valence-corrected chi connectivity index (χ1v) is 12.1. The highest BCUT2D eigenvalue weighted by molar-refractivity contribution is 7.21. The van der Waals surface area contributed by atoms with Crippen LogP contribution in [0.4, 0.5) is 11.4 Å². The predicted molar refractivity (Wildman–Crippen MR) is 134 cm³/mol. The molecule has 182 valence electrons. The zero-order valence-corrected chi connectivity index (χ0v) is 21.1. The summed E-state index contributed by atoms with van der Waals surface area (Å²) in [6, 6.07) is 1.72. The van der Waals surface area contributed by atoms with Gasteiger partial charge in [-0.15, -0.1) is 11.3 Å². The lowest BCUT2D eigenvalue weighted by Crippen LogP contribution is -2.54. The van der Waals surface area contributed by atoms with Crippen molar-refractivity contribution in [2.24, 2.45) is 5.41 Å². The molecule has 4 aromatic rings. The highest BCUT2D eigenvalue weighted by atomic mass is 32.1. The van der Waals surface area contributed by atoms with Crippen molar-refractivity contribution < 1.29 is 14.1 Å². The molecule has 0 spiro atoms. The van der Waals surface area contributed by atoms with E-state index in [-0.39, 0.29) is 17.2 Å². The summed E-state index contributed by atoms with van der Waals surface area (Å²) in [6.07, 6.45) is 5.00. The molecule has 0 aliphatic carbocycles. The van der Waals surface area contributed by atoms with Crippen molar-refractivity contribution >= 4 is 39.4 Å². The van der Waals surface area contributed by atoms with Gasteiger partial charge in [0.25, 0.3) is 5.91 Å². The number of hydrogen-bond acceptors (Lipinski definition) is 8. The van der Waals surface area contributed by atoms with Gasteiger partial charge in [0.1, 0.15) is 10.6 Å². The number of pyridine rings is 1. The number of aromatic nitrogens is 4. The van der Waals surface area contributed by atoms with E-state index in [0.29, 0.717) is 34.0 Å². The molecule has 5 rings (SSSR count). The van der Waals surface area contributed by atoms with Gasteiger partial charge >= 0.3 is 0 Å². The Hall–Kier alpha value is -3.57. The smallest absolute Gasteiger partial charge is 0.260 e. The number of nitrogens with zero attached hydrogens (tertiary/aromatic N) is 5. The van der Waals surface area contributed by atoms with E-state index < -0.39 is 0 Å². The minimum absolute atomic E-state index is 0.104. The Morgan fingerprint density at radius 3 is 2.60 bits per heavy atom. The highest BCUT2D eigenvalue weighted by Crippen LogP contribution is 2.34.